The van der Waals surface area contributed by atoms with Crippen molar-refractivity contribution in [3.63, 3.8) is 0 Å². The topological polar surface area (TPSA) is 71.3 Å². The van der Waals surface area contributed by atoms with E-state index in [0.29, 0.717) is 46.0 Å². The molecular formula is C25H20F2N2O3S. The molecule has 0 bridgehead atoms. The van der Waals surface area contributed by atoms with Crippen molar-refractivity contribution < 1.29 is 23.0 Å². The molecule has 3 aromatic carbocycles. The first-order chi connectivity index (χ1) is 16.0. The first-order valence-electron chi connectivity index (χ1n) is 9.81. The number of amides is 1. The minimum absolute atomic E-state index is 0.124. The van der Waals surface area contributed by atoms with Gasteiger partial charge in [0.15, 0.2) is 11.5 Å². The van der Waals surface area contributed by atoms with Gasteiger partial charge in [-0.15, -0.1) is 0 Å². The molecule has 0 heterocycles. The van der Waals surface area contributed by atoms with Crippen LogP contribution in [0.25, 0.3) is 6.08 Å². The van der Waals surface area contributed by atoms with E-state index >= 15 is 0 Å². The molecule has 33 heavy (non-hydrogen) atoms. The number of alkyl halides is 2. The third-order valence-electron chi connectivity index (χ3n) is 4.44. The summed E-state index contributed by atoms with van der Waals surface area (Å²) in [4.78, 5) is 12.9. The van der Waals surface area contributed by atoms with Crippen LogP contribution in [-0.2, 0) is 11.4 Å². The molecule has 0 aliphatic heterocycles. The number of nitrogens with one attached hydrogen (secondary N) is 1. The van der Waals surface area contributed by atoms with E-state index < -0.39 is 11.7 Å². The Kier molecular flexibility index (Phi) is 8.44. The number of rotatable bonds is 9. The standard InChI is InChI=1S/C25H20F2N2O3S/c1-31-23-14-18(7-12-22(23)32-16-17-5-3-2-4-6-17)13-19(15-28)24(30)29-20-8-10-21(11-9-20)33-25(26)27/h2-14,25H,16H2,1H3,(H,29,30)/b19-13-. The van der Waals surface area contributed by atoms with Crippen LogP contribution in [0.3, 0.4) is 0 Å². The van der Waals surface area contributed by atoms with Crippen LogP contribution in [-0.4, -0.2) is 18.8 Å². The summed E-state index contributed by atoms with van der Waals surface area (Å²) in [6.07, 6.45) is 1.43. The maximum atomic E-state index is 12.5. The van der Waals surface area contributed by atoms with Gasteiger partial charge in [-0.2, -0.15) is 14.0 Å². The number of thioether (sulfide) groups is 1. The lowest BCUT2D eigenvalue weighted by Crippen LogP contribution is -2.13. The van der Waals surface area contributed by atoms with E-state index in [1.807, 2.05) is 36.4 Å². The molecule has 0 aliphatic carbocycles. The predicted molar refractivity (Wildman–Crippen MR) is 124 cm³/mol. The summed E-state index contributed by atoms with van der Waals surface area (Å²) >= 11 is 0.413. The van der Waals surface area contributed by atoms with Gasteiger partial charge in [-0.1, -0.05) is 48.2 Å². The molecule has 0 radical (unpaired) electrons. The first kappa shape index (κ1) is 23.8. The van der Waals surface area contributed by atoms with E-state index in [-0.39, 0.29) is 5.57 Å². The van der Waals surface area contributed by atoms with Crippen molar-refractivity contribution in [3.8, 4) is 17.6 Å². The SMILES string of the molecule is COc1cc(/C=C(/C#N)C(=O)Nc2ccc(SC(F)F)cc2)ccc1OCc1ccccc1. The van der Waals surface area contributed by atoms with Crippen LogP contribution in [0.5, 0.6) is 11.5 Å². The molecule has 0 saturated carbocycles. The molecule has 0 fully saturated rings. The highest BCUT2D eigenvalue weighted by molar-refractivity contribution is 7.99. The zero-order chi connectivity index (χ0) is 23.6. The van der Waals surface area contributed by atoms with Crippen LogP contribution in [0.2, 0.25) is 0 Å². The monoisotopic (exact) mass is 466 g/mol. The van der Waals surface area contributed by atoms with Crippen molar-refractivity contribution in [1.29, 1.82) is 5.26 Å². The molecule has 0 atom stereocenters. The normalized spacial score (nSPS) is 11.1. The molecule has 168 valence electrons. The zero-order valence-corrected chi connectivity index (χ0v) is 18.4. The highest BCUT2D eigenvalue weighted by Crippen LogP contribution is 2.30. The van der Waals surface area contributed by atoms with Gasteiger partial charge in [-0.05, 0) is 53.6 Å². The van der Waals surface area contributed by atoms with E-state index in [2.05, 4.69) is 5.32 Å². The van der Waals surface area contributed by atoms with Crippen molar-refractivity contribution in [2.45, 2.75) is 17.3 Å². The molecule has 0 spiro atoms. The maximum absolute atomic E-state index is 12.5. The zero-order valence-electron chi connectivity index (χ0n) is 17.6. The first-order valence-corrected chi connectivity index (χ1v) is 10.7. The molecule has 8 heteroatoms. The lowest BCUT2D eigenvalue weighted by molar-refractivity contribution is -0.112. The Balaban J connectivity index is 1.70. The maximum Gasteiger partial charge on any atom is 0.288 e. The van der Waals surface area contributed by atoms with E-state index in [9.17, 15) is 18.8 Å². The number of benzene rings is 3. The Bertz CT molecular complexity index is 1160. The molecule has 1 N–H and O–H groups in total. The Morgan fingerprint density at radius 3 is 2.45 bits per heavy atom. The number of ether oxygens (including phenoxy) is 2. The summed E-state index contributed by atoms with van der Waals surface area (Å²) in [5.74, 6) is -2.14. The number of nitrogens with zero attached hydrogens (tertiary/aromatic N) is 1. The van der Waals surface area contributed by atoms with Gasteiger partial charge < -0.3 is 14.8 Å². The Morgan fingerprint density at radius 2 is 1.82 bits per heavy atom. The fraction of sp³-hybridized carbons (Fsp3) is 0.120. The quantitative estimate of drug-likeness (QED) is 0.233. The highest BCUT2D eigenvalue weighted by Gasteiger charge is 2.12. The fourth-order valence-corrected chi connectivity index (χ4v) is 3.36. The third-order valence-corrected chi connectivity index (χ3v) is 5.16. The second kappa shape index (κ2) is 11.7. The van der Waals surface area contributed by atoms with Gasteiger partial charge in [0.25, 0.3) is 11.7 Å². The number of hydrogen-bond acceptors (Lipinski definition) is 5. The summed E-state index contributed by atoms with van der Waals surface area (Å²) in [7, 11) is 1.51. The van der Waals surface area contributed by atoms with Gasteiger partial charge in [0.05, 0.1) is 7.11 Å². The van der Waals surface area contributed by atoms with Crippen molar-refractivity contribution >= 4 is 29.4 Å². The van der Waals surface area contributed by atoms with Crippen molar-refractivity contribution in [1.82, 2.24) is 0 Å². The number of anilines is 1. The smallest absolute Gasteiger partial charge is 0.288 e. The van der Waals surface area contributed by atoms with Gasteiger partial charge >= 0.3 is 0 Å². The molecule has 1 amide bonds. The van der Waals surface area contributed by atoms with E-state index in [4.69, 9.17) is 9.47 Å². The van der Waals surface area contributed by atoms with E-state index in [1.54, 1.807) is 18.2 Å². The number of methoxy groups -OCH3 is 1. The Hall–Kier alpha value is -3.83. The second-order valence-corrected chi connectivity index (χ2v) is 7.77. The van der Waals surface area contributed by atoms with Crippen LogP contribution in [0.15, 0.2) is 83.3 Å². The van der Waals surface area contributed by atoms with Crippen LogP contribution < -0.4 is 14.8 Å². The molecule has 0 unspecified atom stereocenters. The molecule has 5 nitrogen and oxygen atoms in total. The molecular weight excluding hydrogens is 446 g/mol. The average molecular weight is 467 g/mol. The number of nitriles is 1. The van der Waals surface area contributed by atoms with Gasteiger partial charge in [0, 0.05) is 10.6 Å². The van der Waals surface area contributed by atoms with Gasteiger partial charge in [-0.3, -0.25) is 4.79 Å². The summed E-state index contributed by atoms with van der Waals surface area (Å²) in [5.41, 5.74) is 1.85. The number of halogens is 2. The van der Waals surface area contributed by atoms with Gasteiger partial charge in [-0.25, -0.2) is 0 Å². The molecule has 0 aliphatic rings. The summed E-state index contributed by atoms with van der Waals surface area (Å²) in [6.45, 7) is 0.368. The highest BCUT2D eigenvalue weighted by atomic mass is 32.2. The van der Waals surface area contributed by atoms with E-state index in [0.717, 1.165) is 5.56 Å². The lowest BCUT2D eigenvalue weighted by atomic mass is 10.1. The van der Waals surface area contributed by atoms with Crippen LogP contribution >= 0.6 is 11.8 Å². The van der Waals surface area contributed by atoms with Gasteiger partial charge in [0.1, 0.15) is 18.2 Å². The summed E-state index contributed by atoms with van der Waals surface area (Å²) in [5, 5.41) is 12.0. The summed E-state index contributed by atoms with van der Waals surface area (Å²) < 4.78 is 36.1. The molecule has 3 rings (SSSR count). The predicted octanol–water partition coefficient (Wildman–Crippen LogP) is 6.13. The number of hydrogen-bond donors (Lipinski definition) is 1. The van der Waals surface area contributed by atoms with Gasteiger partial charge in [0.2, 0.25) is 0 Å². The largest absolute Gasteiger partial charge is 0.493 e. The fourth-order valence-electron chi connectivity index (χ4n) is 2.86. The van der Waals surface area contributed by atoms with Crippen molar-refractivity contribution in [3.05, 3.63) is 89.5 Å². The Morgan fingerprint density at radius 1 is 1.09 bits per heavy atom. The second-order valence-electron chi connectivity index (χ2n) is 6.71. The van der Waals surface area contributed by atoms with Crippen LogP contribution in [0.4, 0.5) is 14.5 Å². The number of carbonyl (C=O) groups excluding carboxylic acids is 1. The minimum atomic E-state index is -2.52. The Labute approximate surface area is 194 Å². The van der Waals surface area contributed by atoms with Crippen molar-refractivity contribution in [2.24, 2.45) is 0 Å². The summed E-state index contributed by atoms with van der Waals surface area (Å²) in [6, 6.07) is 22.6. The van der Waals surface area contributed by atoms with Crippen molar-refractivity contribution in [2.75, 3.05) is 12.4 Å². The average Bonchev–Trinajstić information content (AvgIpc) is 2.83. The van der Waals surface area contributed by atoms with Crippen LogP contribution in [0.1, 0.15) is 11.1 Å². The minimum Gasteiger partial charge on any atom is -0.493 e. The number of carbonyl (C=O) groups is 1. The van der Waals surface area contributed by atoms with Crippen LogP contribution in [0, 0.1) is 11.3 Å². The van der Waals surface area contributed by atoms with E-state index in [1.165, 1.54) is 37.5 Å². The molecule has 0 saturated heterocycles. The molecule has 3 aromatic rings. The third kappa shape index (κ3) is 7.09. The molecule has 0 aromatic heterocycles. The lowest BCUT2D eigenvalue weighted by Gasteiger charge is -2.11.